The molecule has 0 amide bonds. The highest BCUT2D eigenvalue weighted by molar-refractivity contribution is 6.02. The Kier molecular flexibility index (Phi) is 7.31. The average Bonchev–Trinajstić information content (AvgIpc) is 3.82. The van der Waals surface area contributed by atoms with Crippen LogP contribution in [0.15, 0.2) is 200 Å². The molecular weight excluding hydrogens is 723 g/mol. The maximum absolute atomic E-state index is 2.59. The summed E-state index contributed by atoms with van der Waals surface area (Å²) < 4.78 is 0. The van der Waals surface area contributed by atoms with Crippen molar-refractivity contribution in [3.8, 4) is 33.4 Å². The standard InChI is InChI=1S/C59H45N/c1-57(2)46-26-13-12-25-44(46)55-51(57)36-35-45-54-50(58(3,4)56(45)55)30-18-32-53(54)60(41-34-33-38-19-8-9-20-39(38)37-41)52-31-17-16-29-49(52)59(40-21-6-5-7-22-40)47-27-14-10-23-42(47)43-24-11-15-28-48(43)59/h5-37H,1-4H3. The number of rotatable bonds is 5. The van der Waals surface area contributed by atoms with Crippen LogP contribution in [-0.2, 0) is 16.2 Å². The van der Waals surface area contributed by atoms with Gasteiger partial charge in [0, 0.05) is 22.1 Å². The highest BCUT2D eigenvalue weighted by Gasteiger charge is 2.49. The fraction of sp³-hybridized carbons (Fsp3) is 0.119. The van der Waals surface area contributed by atoms with Gasteiger partial charge in [-0.05, 0) is 107 Å². The van der Waals surface area contributed by atoms with Gasteiger partial charge in [-0.25, -0.2) is 0 Å². The van der Waals surface area contributed by atoms with E-state index in [1.807, 2.05) is 0 Å². The molecule has 0 unspecified atom stereocenters. The van der Waals surface area contributed by atoms with E-state index in [9.17, 15) is 0 Å². The zero-order chi connectivity index (χ0) is 40.4. The van der Waals surface area contributed by atoms with Gasteiger partial charge in [0.15, 0.2) is 0 Å². The fourth-order valence-electron chi connectivity index (χ4n) is 11.7. The molecule has 0 aromatic heterocycles. The number of nitrogens with zero attached hydrogens (tertiary/aromatic N) is 1. The number of fused-ring (bicyclic) bond motifs is 11. The monoisotopic (exact) mass is 767 g/mol. The van der Waals surface area contributed by atoms with Gasteiger partial charge in [-0.2, -0.15) is 0 Å². The number of benzene rings is 9. The first kappa shape index (κ1) is 35.0. The lowest BCUT2D eigenvalue weighted by Gasteiger charge is -2.39. The Morgan fingerprint density at radius 2 is 0.883 bits per heavy atom. The van der Waals surface area contributed by atoms with E-state index in [4.69, 9.17) is 0 Å². The molecule has 0 atom stereocenters. The molecule has 0 fully saturated rings. The van der Waals surface area contributed by atoms with Gasteiger partial charge in [-0.1, -0.05) is 204 Å². The van der Waals surface area contributed by atoms with Crippen LogP contribution in [0.2, 0.25) is 0 Å². The Morgan fingerprint density at radius 3 is 1.62 bits per heavy atom. The maximum Gasteiger partial charge on any atom is 0.0733 e. The summed E-state index contributed by atoms with van der Waals surface area (Å²) in [5, 5.41) is 2.45. The van der Waals surface area contributed by atoms with Crippen LogP contribution < -0.4 is 4.90 Å². The van der Waals surface area contributed by atoms with Crippen LogP contribution in [-0.4, -0.2) is 0 Å². The van der Waals surface area contributed by atoms with Gasteiger partial charge in [0.25, 0.3) is 0 Å². The minimum atomic E-state index is -0.578. The maximum atomic E-state index is 2.59. The Labute approximate surface area is 353 Å². The van der Waals surface area contributed by atoms with Gasteiger partial charge in [0.05, 0.1) is 16.8 Å². The van der Waals surface area contributed by atoms with Crippen molar-refractivity contribution in [1.29, 1.82) is 0 Å². The molecule has 1 heteroatoms. The first-order chi connectivity index (χ1) is 29.3. The van der Waals surface area contributed by atoms with Crippen molar-refractivity contribution in [2.45, 2.75) is 43.9 Å². The summed E-state index contributed by atoms with van der Waals surface area (Å²) in [7, 11) is 0. The zero-order valence-electron chi connectivity index (χ0n) is 34.5. The van der Waals surface area contributed by atoms with E-state index in [0.717, 1.165) is 11.4 Å². The van der Waals surface area contributed by atoms with Crippen LogP contribution in [0.1, 0.15) is 72.2 Å². The number of hydrogen-bond donors (Lipinski definition) is 0. The Morgan fingerprint density at radius 1 is 0.333 bits per heavy atom. The topological polar surface area (TPSA) is 3.24 Å². The van der Waals surface area contributed by atoms with E-state index in [0.29, 0.717) is 0 Å². The quantitative estimate of drug-likeness (QED) is 0.169. The molecule has 60 heavy (non-hydrogen) atoms. The summed E-state index contributed by atoms with van der Waals surface area (Å²) in [5.41, 5.74) is 21.4. The van der Waals surface area contributed by atoms with Gasteiger partial charge in [-0.15, -0.1) is 0 Å². The molecule has 3 aliphatic carbocycles. The second kappa shape index (κ2) is 12.5. The van der Waals surface area contributed by atoms with E-state index < -0.39 is 5.41 Å². The Bertz CT molecular complexity index is 3170. The van der Waals surface area contributed by atoms with Gasteiger partial charge in [0.2, 0.25) is 0 Å². The van der Waals surface area contributed by atoms with Crippen molar-refractivity contribution < 1.29 is 0 Å². The predicted octanol–water partition coefficient (Wildman–Crippen LogP) is 15.3. The van der Waals surface area contributed by atoms with E-state index >= 15 is 0 Å². The number of anilines is 3. The van der Waals surface area contributed by atoms with E-state index in [2.05, 4.69) is 233 Å². The van der Waals surface area contributed by atoms with Crippen molar-refractivity contribution in [3.05, 3.63) is 245 Å². The molecule has 0 N–H and O–H groups in total. The summed E-state index contributed by atoms with van der Waals surface area (Å²) >= 11 is 0. The van der Waals surface area contributed by atoms with Crippen LogP contribution in [0.3, 0.4) is 0 Å². The molecule has 1 nitrogen and oxygen atoms in total. The van der Waals surface area contributed by atoms with Crippen molar-refractivity contribution in [1.82, 2.24) is 0 Å². The zero-order valence-corrected chi connectivity index (χ0v) is 34.5. The lowest BCUT2D eigenvalue weighted by molar-refractivity contribution is 0.647. The largest absolute Gasteiger partial charge is 0.310 e. The van der Waals surface area contributed by atoms with Crippen molar-refractivity contribution in [3.63, 3.8) is 0 Å². The first-order valence-corrected chi connectivity index (χ1v) is 21.4. The Hall–Kier alpha value is -6.96. The third kappa shape index (κ3) is 4.53. The molecule has 286 valence electrons. The molecule has 0 heterocycles. The number of para-hydroxylation sites is 1. The molecule has 0 saturated heterocycles. The van der Waals surface area contributed by atoms with E-state index in [1.54, 1.807) is 0 Å². The first-order valence-electron chi connectivity index (χ1n) is 21.4. The van der Waals surface area contributed by atoms with Gasteiger partial charge < -0.3 is 4.90 Å². The third-order valence-electron chi connectivity index (χ3n) is 14.3. The van der Waals surface area contributed by atoms with Crippen LogP contribution in [0.5, 0.6) is 0 Å². The molecule has 9 aromatic carbocycles. The third-order valence-corrected chi connectivity index (χ3v) is 14.3. The van der Waals surface area contributed by atoms with Crippen LogP contribution >= 0.6 is 0 Å². The molecule has 0 radical (unpaired) electrons. The molecule has 3 aliphatic rings. The van der Waals surface area contributed by atoms with Crippen molar-refractivity contribution in [2.75, 3.05) is 4.90 Å². The lowest BCUT2D eigenvalue weighted by atomic mass is 9.67. The molecular formula is C59H45N. The number of hydrogen-bond acceptors (Lipinski definition) is 1. The normalized spacial score (nSPS) is 15.4. The average molecular weight is 768 g/mol. The second-order valence-electron chi connectivity index (χ2n) is 18.0. The summed E-state index contributed by atoms with van der Waals surface area (Å²) in [6, 6.07) is 75.3. The second-order valence-corrected chi connectivity index (χ2v) is 18.0. The summed E-state index contributed by atoms with van der Waals surface area (Å²) in [5.74, 6) is 0. The van der Waals surface area contributed by atoms with Crippen molar-refractivity contribution >= 4 is 27.8 Å². The highest BCUT2D eigenvalue weighted by atomic mass is 15.1. The van der Waals surface area contributed by atoms with Crippen LogP contribution in [0, 0.1) is 0 Å². The van der Waals surface area contributed by atoms with Crippen LogP contribution in [0.25, 0.3) is 44.2 Å². The highest BCUT2D eigenvalue weighted by Crippen LogP contribution is 2.63. The molecule has 0 saturated carbocycles. The van der Waals surface area contributed by atoms with Gasteiger partial charge in [-0.3, -0.25) is 0 Å². The minimum Gasteiger partial charge on any atom is -0.310 e. The smallest absolute Gasteiger partial charge is 0.0733 e. The Balaban J connectivity index is 1.19. The molecule has 12 rings (SSSR count). The summed E-state index contributed by atoms with van der Waals surface area (Å²) in [6.07, 6.45) is 0. The van der Waals surface area contributed by atoms with Gasteiger partial charge >= 0.3 is 0 Å². The molecule has 0 spiro atoms. The van der Waals surface area contributed by atoms with E-state index in [-0.39, 0.29) is 10.8 Å². The summed E-state index contributed by atoms with van der Waals surface area (Å²) in [6.45, 7) is 9.68. The van der Waals surface area contributed by atoms with Gasteiger partial charge in [0.1, 0.15) is 0 Å². The summed E-state index contributed by atoms with van der Waals surface area (Å²) in [4.78, 5) is 2.59. The minimum absolute atomic E-state index is 0.0790. The predicted molar refractivity (Wildman–Crippen MR) is 251 cm³/mol. The molecule has 0 aliphatic heterocycles. The SMILES string of the molecule is CC1(C)c2ccccc2-c2c1ccc1c2C(C)(C)c2cccc(N(c3ccc4ccccc4c3)c3ccccc3C3(c4ccccc4)c4ccccc4-c4ccccc43)c2-1. The molecule has 0 bridgehead atoms. The fourth-order valence-corrected chi connectivity index (χ4v) is 11.7. The van der Waals surface area contributed by atoms with E-state index in [1.165, 1.54) is 94.3 Å². The lowest BCUT2D eigenvalue weighted by Crippen LogP contribution is -2.30. The van der Waals surface area contributed by atoms with Crippen LogP contribution in [0.4, 0.5) is 17.1 Å². The van der Waals surface area contributed by atoms with Crippen molar-refractivity contribution in [2.24, 2.45) is 0 Å². The molecule has 9 aromatic rings.